The smallest absolute Gasteiger partial charge is 0.475 e. The molecule has 4 rings (SSSR count). The van der Waals surface area contributed by atoms with Crippen LogP contribution >= 0.6 is 0 Å². The molecule has 2 aromatic carbocycles. The maximum absolute atomic E-state index is 11.8. The number of nitrogens with zero attached hydrogens (tertiary/aromatic N) is 3. The van der Waals surface area contributed by atoms with Crippen molar-refractivity contribution >= 4 is 22.8 Å². The van der Waals surface area contributed by atoms with E-state index in [-0.39, 0.29) is 6.15 Å². The van der Waals surface area contributed by atoms with E-state index < -0.39 is 24.2 Å². The monoisotopic (exact) mass is 521 g/mol. The van der Waals surface area contributed by atoms with E-state index in [2.05, 4.69) is 14.8 Å². The largest absolute Gasteiger partial charge is 0.490 e. The number of aliphatic carboxylic acids is 1. The summed E-state index contributed by atoms with van der Waals surface area (Å²) in [7, 11) is 0. The highest BCUT2D eigenvalue weighted by Gasteiger charge is 2.38. The van der Waals surface area contributed by atoms with Crippen molar-refractivity contribution in [1.29, 1.82) is 0 Å². The van der Waals surface area contributed by atoms with Crippen LogP contribution in [0.5, 0.6) is 0 Å². The van der Waals surface area contributed by atoms with E-state index in [1.54, 1.807) is 23.7 Å². The minimum absolute atomic E-state index is 0. The fourth-order valence-electron chi connectivity index (χ4n) is 3.40. The molecular weight excluding hydrogens is 495 g/mol. The quantitative estimate of drug-likeness (QED) is 0.368. The van der Waals surface area contributed by atoms with Crippen LogP contribution in [-0.4, -0.2) is 55.7 Å². The predicted molar refractivity (Wildman–Crippen MR) is 129 cm³/mol. The highest BCUT2D eigenvalue weighted by molar-refractivity contribution is 6.02. The van der Waals surface area contributed by atoms with Gasteiger partial charge >= 0.3 is 18.1 Å². The Bertz CT molecular complexity index is 1300. The van der Waals surface area contributed by atoms with Gasteiger partial charge in [0.1, 0.15) is 5.52 Å². The summed E-state index contributed by atoms with van der Waals surface area (Å²) in [5, 5.41) is 22.3. The van der Waals surface area contributed by atoms with Crippen LogP contribution in [0.4, 0.5) is 13.2 Å². The summed E-state index contributed by atoms with van der Waals surface area (Å²) in [6.45, 7) is 3.24. The number of nitrogens with two attached hydrogens (primary N) is 1. The average Bonchev–Trinajstić information content (AvgIpc) is 3.28. The zero-order valence-corrected chi connectivity index (χ0v) is 19.7. The van der Waals surface area contributed by atoms with Gasteiger partial charge in [-0.3, -0.25) is 0 Å². The molecule has 37 heavy (non-hydrogen) atoms. The lowest BCUT2D eigenvalue weighted by Gasteiger charge is -2.26. The molecule has 1 unspecified atom stereocenters. The Morgan fingerprint density at radius 1 is 1.19 bits per heavy atom. The number of hydrogen-bond donors (Lipinski definition) is 4. The molecule has 13 heteroatoms. The number of aliphatic hydroxyl groups is 1. The second-order valence-corrected chi connectivity index (χ2v) is 7.86. The van der Waals surface area contributed by atoms with Crippen LogP contribution in [0.2, 0.25) is 0 Å². The molecule has 1 atom stereocenters. The molecule has 0 saturated heterocycles. The molecule has 0 radical (unpaired) electrons. The van der Waals surface area contributed by atoms with E-state index in [1.165, 1.54) is 0 Å². The molecule has 1 aromatic heterocycles. The summed E-state index contributed by atoms with van der Waals surface area (Å²) in [6, 6.07) is 13.4. The molecule has 1 aliphatic heterocycles. The Balaban J connectivity index is 0.000000532. The summed E-state index contributed by atoms with van der Waals surface area (Å²) >= 11 is 0. The van der Waals surface area contributed by atoms with Crippen LogP contribution in [-0.2, 0) is 16.2 Å². The molecule has 0 aliphatic carbocycles. The summed E-state index contributed by atoms with van der Waals surface area (Å²) < 4.78 is 33.5. The van der Waals surface area contributed by atoms with Crippen molar-refractivity contribution in [2.75, 3.05) is 6.54 Å². The number of carbonyl (C=O) groups excluding carboxylic acids is 1. The number of fused-ring (bicyclic) bond motifs is 1. The second kappa shape index (κ2) is 12.2. The van der Waals surface area contributed by atoms with Gasteiger partial charge in [-0.1, -0.05) is 30.3 Å². The van der Waals surface area contributed by atoms with Crippen molar-refractivity contribution in [3.8, 4) is 5.69 Å². The van der Waals surface area contributed by atoms with Gasteiger partial charge in [-0.15, -0.1) is 0 Å². The number of carboxylic acid groups (broad SMARTS) is 1. The van der Waals surface area contributed by atoms with Crippen molar-refractivity contribution in [2.45, 2.75) is 25.7 Å². The average molecular weight is 521 g/mol. The van der Waals surface area contributed by atoms with Crippen LogP contribution in [0, 0.1) is 0 Å². The van der Waals surface area contributed by atoms with Gasteiger partial charge in [0.15, 0.2) is 0 Å². The molecule has 3 aromatic rings. The van der Waals surface area contributed by atoms with E-state index in [9.17, 15) is 23.1 Å². The van der Waals surface area contributed by atoms with Gasteiger partial charge in [-0.25, -0.2) is 14.3 Å². The standard InChI is InChI=1S/C22H22N4O3.C2HF3O2.H3N/c1-15(27)17-5-3-11-25(13-17)12-16-7-9-19(10-8-16)26-14-18-4-2-6-20(21(18)24-26)22(28)29-23;3-2(4,5)1(6)7;/h2-11,14-15,27H,12-13,23H2,1H3;(H,6,7);1H3. The molecule has 0 saturated carbocycles. The molecule has 1 aliphatic rings. The van der Waals surface area contributed by atoms with Crippen molar-refractivity contribution in [3.05, 3.63) is 83.7 Å². The first-order valence-electron chi connectivity index (χ1n) is 10.6. The number of halogens is 3. The SMILES string of the molecule is CC(O)C1=CC=CN(Cc2ccc(-n3cc4cccc(C(=O)ON)c4n3)cc2)C1.N.O=C(O)C(F)(F)F. The van der Waals surface area contributed by atoms with E-state index >= 15 is 0 Å². The lowest BCUT2D eigenvalue weighted by molar-refractivity contribution is -0.192. The van der Waals surface area contributed by atoms with E-state index in [1.807, 2.05) is 54.9 Å². The summed E-state index contributed by atoms with van der Waals surface area (Å²) in [6.07, 6.45) is 2.28. The Kier molecular flexibility index (Phi) is 9.54. The number of aliphatic hydroxyl groups excluding tert-OH is 1. The maximum atomic E-state index is 11.8. The number of alkyl halides is 3. The highest BCUT2D eigenvalue weighted by Crippen LogP contribution is 2.21. The van der Waals surface area contributed by atoms with Crippen molar-refractivity contribution in [1.82, 2.24) is 20.8 Å². The first-order valence-corrected chi connectivity index (χ1v) is 10.6. The van der Waals surface area contributed by atoms with Crippen molar-refractivity contribution in [3.63, 3.8) is 0 Å². The summed E-state index contributed by atoms with van der Waals surface area (Å²) in [5.74, 6) is 1.65. The molecule has 198 valence electrons. The minimum atomic E-state index is -5.08. The molecule has 2 heterocycles. The van der Waals surface area contributed by atoms with E-state index in [0.29, 0.717) is 17.6 Å². The highest BCUT2D eigenvalue weighted by atomic mass is 19.4. The van der Waals surface area contributed by atoms with Gasteiger partial charge < -0.3 is 26.1 Å². The fourth-order valence-corrected chi connectivity index (χ4v) is 3.40. The summed E-state index contributed by atoms with van der Waals surface area (Å²) in [5.41, 5.74) is 3.91. The zero-order valence-electron chi connectivity index (χ0n) is 19.7. The van der Waals surface area contributed by atoms with Crippen LogP contribution < -0.4 is 12.0 Å². The number of hydrogen-bond acceptors (Lipinski definition) is 8. The maximum Gasteiger partial charge on any atom is 0.490 e. The molecular formula is C24H26F3N5O5. The van der Waals surface area contributed by atoms with Gasteiger partial charge in [-0.2, -0.15) is 24.2 Å². The van der Waals surface area contributed by atoms with Crippen molar-refractivity contribution in [2.24, 2.45) is 5.90 Å². The number of allylic oxidation sites excluding steroid dienone is 2. The molecule has 7 N–H and O–H groups in total. The number of benzene rings is 2. The van der Waals surface area contributed by atoms with Gasteiger partial charge in [0.05, 0.1) is 17.4 Å². The van der Waals surface area contributed by atoms with Gasteiger partial charge in [0.2, 0.25) is 0 Å². The van der Waals surface area contributed by atoms with Crippen molar-refractivity contribution < 1.29 is 37.8 Å². The predicted octanol–water partition coefficient (Wildman–Crippen LogP) is 3.49. The zero-order chi connectivity index (χ0) is 26.5. The van der Waals surface area contributed by atoms with Gasteiger partial charge in [0, 0.05) is 24.7 Å². The van der Waals surface area contributed by atoms with E-state index in [4.69, 9.17) is 15.8 Å². The molecule has 0 fully saturated rings. The molecule has 0 spiro atoms. The molecule has 0 bridgehead atoms. The Morgan fingerprint density at radius 3 is 2.41 bits per heavy atom. The van der Waals surface area contributed by atoms with E-state index in [0.717, 1.165) is 28.8 Å². The third kappa shape index (κ3) is 7.39. The number of carbonyl (C=O) groups is 2. The first kappa shape index (κ1) is 29.0. The number of carboxylic acids is 1. The normalized spacial score (nSPS) is 13.7. The fraction of sp³-hybridized carbons (Fsp3) is 0.208. The lowest BCUT2D eigenvalue weighted by atomic mass is 10.1. The lowest BCUT2D eigenvalue weighted by Crippen LogP contribution is -2.25. The molecule has 10 nitrogen and oxygen atoms in total. The van der Waals surface area contributed by atoms with Crippen LogP contribution in [0.1, 0.15) is 22.8 Å². The first-order chi connectivity index (χ1) is 17.0. The van der Waals surface area contributed by atoms with Crippen LogP contribution in [0.3, 0.4) is 0 Å². The third-order valence-corrected chi connectivity index (χ3v) is 5.22. The van der Waals surface area contributed by atoms with Gasteiger partial charge in [0.25, 0.3) is 0 Å². The third-order valence-electron chi connectivity index (χ3n) is 5.22. The van der Waals surface area contributed by atoms with Gasteiger partial charge in [-0.05, 0) is 48.5 Å². The minimum Gasteiger partial charge on any atom is -0.475 e. The number of rotatable bonds is 5. The molecule has 0 amide bonds. The van der Waals surface area contributed by atoms with Crippen LogP contribution in [0.15, 0.2) is 72.6 Å². The van der Waals surface area contributed by atoms with Crippen LogP contribution in [0.25, 0.3) is 16.6 Å². The Morgan fingerprint density at radius 2 is 1.84 bits per heavy atom. The summed E-state index contributed by atoms with van der Waals surface area (Å²) in [4.78, 5) is 27.2. The number of aromatic nitrogens is 2. The Hall–Kier alpha value is -4.20. The topological polar surface area (TPSA) is 166 Å². The Labute approximate surface area is 209 Å². The second-order valence-electron chi connectivity index (χ2n) is 7.86.